The molecule has 4 rings (SSSR count). The molecular weight excluding hydrogens is 200 g/mol. The Morgan fingerprint density at radius 2 is 1.12 bits per heavy atom. The fraction of sp³-hybridized carbons (Fsp3) is 0.714. The summed E-state index contributed by atoms with van der Waals surface area (Å²) in [5, 5.41) is 20.1. The first-order chi connectivity index (χ1) is 7.75. The Labute approximate surface area is 95.7 Å². The van der Waals surface area contributed by atoms with Crippen LogP contribution in [0.3, 0.4) is 0 Å². The Balaban J connectivity index is 1.61. The maximum Gasteiger partial charge on any atom is 0.0668 e. The molecule has 8 atom stereocenters. The number of aliphatic hydroxyl groups is 2. The van der Waals surface area contributed by atoms with Crippen molar-refractivity contribution in [2.45, 2.75) is 25.0 Å². The van der Waals surface area contributed by atoms with Gasteiger partial charge in [0.1, 0.15) is 0 Å². The van der Waals surface area contributed by atoms with E-state index in [0.717, 1.165) is 12.8 Å². The zero-order valence-electron chi connectivity index (χ0n) is 9.24. The first-order valence-corrected chi connectivity index (χ1v) is 6.48. The van der Waals surface area contributed by atoms with E-state index in [9.17, 15) is 10.2 Å². The molecule has 4 aliphatic carbocycles. The number of fused-ring (bicyclic) bond motifs is 4. The van der Waals surface area contributed by atoms with E-state index in [4.69, 9.17) is 0 Å². The van der Waals surface area contributed by atoms with Crippen molar-refractivity contribution in [3.05, 3.63) is 24.3 Å². The normalized spacial score (nSPS) is 61.4. The summed E-state index contributed by atoms with van der Waals surface area (Å²) in [5.41, 5.74) is 0. The van der Waals surface area contributed by atoms with Crippen molar-refractivity contribution in [2.24, 2.45) is 35.5 Å². The third-order valence-corrected chi connectivity index (χ3v) is 5.45. The van der Waals surface area contributed by atoms with Crippen LogP contribution in [0.1, 0.15) is 12.8 Å². The molecule has 0 aliphatic heterocycles. The van der Waals surface area contributed by atoms with Crippen molar-refractivity contribution in [3.63, 3.8) is 0 Å². The lowest BCUT2D eigenvalue weighted by Crippen LogP contribution is -2.27. The van der Waals surface area contributed by atoms with E-state index >= 15 is 0 Å². The van der Waals surface area contributed by atoms with Crippen LogP contribution < -0.4 is 0 Å². The highest BCUT2D eigenvalue weighted by Crippen LogP contribution is 2.55. The maximum absolute atomic E-state index is 10.1. The number of rotatable bonds is 1. The van der Waals surface area contributed by atoms with Crippen molar-refractivity contribution in [2.75, 3.05) is 0 Å². The molecular formula is C14H18O2. The van der Waals surface area contributed by atoms with E-state index < -0.39 is 0 Å². The highest BCUT2D eigenvalue weighted by atomic mass is 16.3. The second kappa shape index (κ2) is 2.99. The van der Waals surface area contributed by atoms with Gasteiger partial charge in [0.2, 0.25) is 0 Å². The van der Waals surface area contributed by atoms with Gasteiger partial charge in [-0.15, -0.1) is 0 Å². The minimum Gasteiger partial charge on any atom is -0.392 e. The Bertz CT molecular complexity index is 337. The van der Waals surface area contributed by atoms with Crippen LogP contribution in [-0.2, 0) is 0 Å². The molecule has 0 radical (unpaired) electrons. The minimum absolute atomic E-state index is 0.134. The summed E-state index contributed by atoms with van der Waals surface area (Å²) in [6.07, 6.45) is 10.8. The fourth-order valence-electron chi connectivity index (χ4n) is 4.66. The van der Waals surface area contributed by atoms with Gasteiger partial charge in [-0.2, -0.15) is 0 Å². The molecule has 0 heterocycles. The molecule has 86 valence electrons. The zero-order chi connectivity index (χ0) is 10.9. The SMILES string of the molecule is OC1C2C=CC1[C@H]([C@H]1CC3C=CC1C3O)C2. The topological polar surface area (TPSA) is 40.5 Å². The molecule has 0 aromatic heterocycles. The zero-order valence-corrected chi connectivity index (χ0v) is 9.24. The number of hydrogen-bond acceptors (Lipinski definition) is 2. The predicted octanol–water partition coefficient (Wildman–Crippen LogP) is 1.35. The fourth-order valence-corrected chi connectivity index (χ4v) is 4.66. The van der Waals surface area contributed by atoms with Gasteiger partial charge in [0.25, 0.3) is 0 Å². The molecule has 0 aromatic rings. The second-order valence-corrected chi connectivity index (χ2v) is 6.03. The molecule has 6 unspecified atom stereocenters. The molecule has 4 bridgehead atoms. The summed E-state index contributed by atoms with van der Waals surface area (Å²) < 4.78 is 0. The summed E-state index contributed by atoms with van der Waals surface area (Å²) in [6.45, 7) is 0. The van der Waals surface area contributed by atoms with E-state index in [0.29, 0.717) is 35.5 Å². The summed E-state index contributed by atoms with van der Waals surface area (Å²) in [6, 6.07) is 0. The highest BCUT2D eigenvalue weighted by molar-refractivity contribution is 5.21. The number of aliphatic hydroxyl groups excluding tert-OH is 2. The summed E-state index contributed by atoms with van der Waals surface area (Å²) in [5.74, 6) is 2.76. The summed E-state index contributed by atoms with van der Waals surface area (Å²) in [7, 11) is 0. The van der Waals surface area contributed by atoms with E-state index in [2.05, 4.69) is 24.3 Å². The van der Waals surface area contributed by atoms with Gasteiger partial charge in [-0.05, 0) is 24.7 Å². The molecule has 0 amide bonds. The summed E-state index contributed by atoms with van der Waals surface area (Å²) >= 11 is 0. The average molecular weight is 218 g/mol. The molecule has 2 heteroatoms. The molecule has 0 spiro atoms. The van der Waals surface area contributed by atoms with Gasteiger partial charge in [-0.1, -0.05) is 24.3 Å². The van der Waals surface area contributed by atoms with Crippen LogP contribution in [0.5, 0.6) is 0 Å². The Hall–Kier alpha value is -0.600. The smallest absolute Gasteiger partial charge is 0.0668 e. The average Bonchev–Trinajstić information content (AvgIpc) is 3.01. The second-order valence-electron chi connectivity index (χ2n) is 6.03. The van der Waals surface area contributed by atoms with Crippen LogP contribution in [0.15, 0.2) is 24.3 Å². The lowest BCUT2D eigenvalue weighted by atomic mass is 9.75. The van der Waals surface area contributed by atoms with Gasteiger partial charge in [-0.3, -0.25) is 0 Å². The van der Waals surface area contributed by atoms with Crippen LogP contribution in [0.4, 0.5) is 0 Å². The molecule has 2 N–H and O–H groups in total. The Morgan fingerprint density at radius 1 is 0.688 bits per heavy atom. The van der Waals surface area contributed by atoms with Gasteiger partial charge < -0.3 is 10.2 Å². The highest BCUT2D eigenvalue weighted by Gasteiger charge is 2.53. The molecule has 2 fully saturated rings. The quantitative estimate of drug-likeness (QED) is 0.652. The van der Waals surface area contributed by atoms with Crippen molar-refractivity contribution in [1.29, 1.82) is 0 Å². The van der Waals surface area contributed by atoms with Crippen LogP contribution in [-0.4, -0.2) is 22.4 Å². The van der Waals surface area contributed by atoms with Crippen LogP contribution in [0.2, 0.25) is 0 Å². The Kier molecular flexibility index (Phi) is 1.76. The molecule has 4 aliphatic rings. The van der Waals surface area contributed by atoms with Gasteiger partial charge in [0, 0.05) is 23.7 Å². The van der Waals surface area contributed by atoms with Crippen LogP contribution in [0.25, 0.3) is 0 Å². The van der Waals surface area contributed by atoms with Gasteiger partial charge in [0.15, 0.2) is 0 Å². The van der Waals surface area contributed by atoms with E-state index in [1.165, 1.54) is 0 Å². The third kappa shape index (κ3) is 1.000. The molecule has 2 nitrogen and oxygen atoms in total. The first kappa shape index (κ1) is 9.43. The molecule has 0 saturated heterocycles. The molecule has 16 heavy (non-hydrogen) atoms. The first-order valence-electron chi connectivity index (χ1n) is 6.48. The minimum atomic E-state index is -0.134. The van der Waals surface area contributed by atoms with E-state index in [1.807, 2.05) is 0 Å². The van der Waals surface area contributed by atoms with Gasteiger partial charge in [0.05, 0.1) is 12.2 Å². The maximum atomic E-state index is 10.1. The van der Waals surface area contributed by atoms with E-state index in [-0.39, 0.29) is 12.2 Å². The lowest BCUT2D eigenvalue weighted by molar-refractivity contribution is 0.102. The standard InChI is InChI=1S/C14H18O2/c15-13-7-1-3-9(13)11(5-7)12-6-8-2-4-10(12)14(8)16/h1-4,7-16H,5-6H2/t7?,8?,9?,10?,11-,12+,13?,14?. The van der Waals surface area contributed by atoms with Gasteiger partial charge in [-0.25, -0.2) is 0 Å². The van der Waals surface area contributed by atoms with E-state index in [1.54, 1.807) is 0 Å². The number of hydrogen-bond donors (Lipinski definition) is 2. The van der Waals surface area contributed by atoms with Gasteiger partial charge >= 0.3 is 0 Å². The van der Waals surface area contributed by atoms with Crippen molar-refractivity contribution >= 4 is 0 Å². The summed E-state index contributed by atoms with van der Waals surface area (Å²) in [4.78, 5) is 0. The van der Waals surface area contributed by atoms with Crippen molar-refractivity contribution in [1.82, 2.24) is 0 Å². The molecule has 0 aromatic carbocycles. The van der Waals surface area contributed by atoms with Crippen LogP contribution >= 0.6 is 0 Å². The van der Waals surface area contributed by atoms with Crippen molar-refractivity contribution < 1.29 is 10.2 Å². The predicted molar refractivity (Wildman–Crippen MR) is 60.5 cm³/mol. The monoisotopic (exact) mass is 218 g/mol. The lowest BCUT2D eigenvalue weighted by Gasteiger charge is -2.29. The third-order valence-electron chi connectivity index (χ3n) is 5.45. The van der Waals surface area contributed by atoms with Crippen molar-refractivity contribution in [3.8, 4) is 0 Å². The molecule has 2 saturated carbocycles. The largest absolute Gasteiger partial charge is 0.392 e. The van der Waals surface area contributed by atoms with Crippen LogP contribution in [0, 0.1) is 35.5 Å². The Morgan fingerprint density at radius 3 is 1.38 bits per heavy atom.